The summed E-state index contributed by atoms with van der Waals surface area (Å²) in [6.45, 7) is 3.35. The fourth-order valence-electron chi connectivity index (χ4n) is 2.62. The van der Waals surface area contributed by atoms with Gasteiger partial charge in [-0.2, -0.15) is 5.10 Å². The standard InChI is InChI=1S/C20H17ClFN3O3/c1-12-9-13(2)25(24-12)16-6-3-14(4-7-16)20(27)28-11-19(26)23-18-8-5-15(22)10-17(18)21/h3-10H,11H2,1-2H3,(H,23,26). The largest absolute Gasteiger partial charge is 0.452 e. The SMILES string of the molecule is Cc1cc(C)n(-c2ccc(C(=O)OCC(=O)Nc3ccc(F)cc3Cl)cc2)n1. The summed E-state index contributed by atoms with van der Waals surface area (Å²) in [7, 11) is 0. The average Bonchev–Trinajstić information content (AvgIpc) is 3.00. The summed E-state index contributed by atoms with van der Waals surface area (Å²) in [5, 5.41) is 6.89. The number of nitrogens with zero attached hydrogens (tertiary/aromatic N) is 2. The van der Waals surface area contributed by atoms with Gasteiger partial charge < -0.3 is 10.1 Å². The lowest BCUT2D eigenvalue weighted by atomic mass is 10.2. The van der Waals surface area contributed by atoms with Crippen LogP contribution in [-0.4, -0.2) is 28.3 Å². The van der Waals surface area contributed by atoms with Crippen molar-refractivity contribution in [3.63, 3.8) is 0 Å². The molecule has 1 amide bonds. The molecule has 3 aromatic rings. The van der Waals surface area contributed by atoms with Crippen molar-refractivity contribution in [3.8, 4) is 5.69 Å². The topological polar surface area (TPSA) is 73.2 Å². The van der Waals surface area contributed by atoms with Crippen LogP contribution in [0, 0.1) is 19.7 Å². The number of hydrogen-bond donors (Lipinski definition) is 1. The zero-order valence-electron chi connectivity index (χ0n) is 15.2. The molecule has 6 nitrogen and oxygen atoms in total. The van der Waals surface area contributed by atoms with Crippen LogP contribution < -0.4 is 5.32 Å². The number of rotatable bonds is 5. The lowest BCUT2D eigenvalue weighted by Crippen LogP contribution is -2.21. The van der Waals surface area contributed by atoms with E-state index in [9.17, 15) is 14.0 Å². The molecule has 8 heteroatoms. The first-order chi connectivity index (χ1) is 13.3. The third-order valence-corrected chi connectivity index (χ3v) is 4.21. The molecule has 1 heterocycles. The second-order valence-corrected chi connectivity index (χ2v) is 6.54. The molecule has 0 radical (unpaired) electrons. The highest BCUT2D eigenvalue weighted by molar-refractivity contribution is 6.33. The second-order valence-electron chi connectivity index (χ2n) is 6.13. The first-order valence-corrected chi connectivity index (χ1v) is 8.77. The monoisotopic (exact) mass is 401 g/mol. The number of benzene rings is 2. The predicted octanol–water partition coefficient (Wildman–Crippen LogP) is 4.08. The van der Waals surface area contributed by atoms with E-state index in [4.69, 9.17) is 16.3 Å². The molecule has 3 rings (SSSR count). The summed E-state index contributed by atoms with van der Waals surface area (Å²) in [5.74, 6) is -1.74. The number of hydrogen-bond acceptors (Lipinski definition) is 4. The van der Waals surface area contributed by atoms with Gasteiger partial charge in [-0.3, -0.25) is 4.79 Å². The lowest BCUT2D eigenvalue weighted by Gasteiger charge is -2.09. The Morgan fingerprint density at radius 3 is 2.46 bits per heavy atom. The van der Waals surface area contributed by atoms with E-state index in [-0.39, 0.29) is 10.7 Å². The molecule has 0 unspecified atom stereocenters. The summed E-state index contributed by atoms with van der Waals surface area (Å²) in [6, 6.07) is 12.2. The summed E-state index contributed by atoms with van der Waals surface area (Å²) in [6.07, 6.45) is 0. The molecule has 0 aliphatic heterocycles. The van der Waals surface area contributed by atoms with E-state index in [2.05, 4.69) is 10.4 Å². The summed E-state index contributed by atoms with van der Waals surface area (Å²) >= 11 is 5.84. The number of amides is 1. The van der Waals surface area contributed by atoms with Gasteiger partial charge in [-0.05, 0) is 62.4 Å². The fraction of sp³-hybridized carbons (Fsp3) is 0.150. The summed E-state index contributed by atoms with van der Waals surface area (Å²) in [5.41, 5.74) is 3.22. The molecule has 2 aromatic carbocycles. The number of aryl methyl sites for hydroxylation is 2. The van der Waals surface area contributed by atoms with E-state index in [0.717, 1.165) is 29.2 Å². The summed E-state index contributed by atoms with van der Waals surface area (Å²) < 4.78 is 19.8. The van der Waals surface area contributed by atoms with E-state index < -0.39 is 24.3 Å². The van der Waals surface area contributed by atoms with Crippen molar-refractivity contribution in [2.24, 2.45) is 0 Å². The Kier molecular flexibility index (Phi) is 5.75. The number of halogens is 2. The van der Waals surface area contributed by atoms with Crippen molar-refractivity contribution < 1.29 is 18.7 Å². The molecule has 0 aliphatic carbocycles. The number of aromatic nitrogens is 2. The maximum atomic E-state index is 13.0. The number of esters is 1. The van der Waals surface area contributed by atoms with Gasteiger partial charge >= 0.3 is 5.97 Å². The van der Waals surface area contributed by atoms with Crippen LogP contribution in [0.2, 0.25) is 5.02 Å². The van der Waals surface area contributed by atoms with Crippen LogP contribution in [0.15, 0.2) is 48.5 Å². The Balaban J connectivity index is 1.58. The van der Waals surface area contributed by atoms with Crippen molar-refractivity contribution >= 4 is 29.2 Å². The zero-order valence-corrected chi connectivity index (χ0v) is 16.0. The van der Waals surface area contributed by atoms with Crippen LogP contribution in [0.3, 0.4) is 0 Å². The van der Waals surface area contributed by atoms with Gasteiger partial charge in [0.15, 0.2) is 6.61 Å². The first-order valence-electron chi connectivity index (χ1n) is 8.39. The Labute approximate surface area is 165 Å². The minimum Gasteiger partial charge on any atom is -0.452 e. The van der Waals surface area contributed by atoms with Crippen LogP contribution >= 0.6 is 11.6 Å². The molecule has 0 saturated carbocycles. The van der Waals surface area contributed by atoms with Crippen LogP contribution in [0.1, 0.15) is 21.7 Å². The molecule has 0 saturated heterocycles. The molecule has 1 N–H and O–H groups in total. The minimum absolute atomic E-state index is 0.0550. The number of anilines is 1. The third kappa shape index (κ3) is 4.55. The van der Waals surface area contributed by atoms with Crippen molar-refractivity contribution in [2.45, 2.75) is 13.8 Å². The first kappa shape index (κ1) is 19.6. The Morgan fingerprint density at radius 2 is 1.86 bits per heavy atom. The molecule has 0 spiro atoms. The molecule has 28 heavy (non-hydrogen) atoms. The molecule has 0 bridgehead atoms. The average molecular weight is 402 g/mol. The lowest BCUT2D eigenvalue weighted by molar-refractivity contribution is -0.119. The molecule has 144 valence electrons. The van der Waals surface area contributed by atoms with Crippen LogP contribution in [0.25, 0.3) is 5.69 Å². The highest BCUT2D eigenvalue weighted by Crippen LogP contribution is 2.22. The smallest absolute Gasteiger partial charge is 0.338 e. The highest BCUT2D eigenvalue weighted by atomic mass is 35.5. The normalized spacial score (nSPS) is 10.6. The molecule has 0 fully saturated rings. The predicted molar refractivity (Wildman–Crippen MR) is 103 cm³/mol. The molecular formula is C20H17ClFN3O3. The van der Waals surface area contributed by atoms with Crippen LogP contribution in [0.5, 0.6) is 0 Å². The van der Waals surface area contributed by atoms with E-state index in [1.807, 2.05) is 19.9 Å². The van der Waals surface area contributed by atoms with Gasteiger partial charge in [-0.15, -0.1) is 0 Å². The van der Waals surface area contributed by atoms with E-state index in [1.54, 1.807) is 28.9 Å². The molecule has 1 aromatic heterocycles. The Hall–Kier alpha value is -3.19. The van der Waals surface area contributed by atoms with Crippen molar-refractivity contribution in [3.05, 3.63) is 76.3 Å². The van der Waals surface area contributed by atoms with Gasteiger partial charge in [-0.25, -0.2) is 13.9 Å². The quantitative estimate of drug-likeness (QED) is 0.654. The molecule has 0 aliphatic rings. The molecule has 0 atom stereocenters. The van der Waals surface area contributed by atoms with Crippen molar-refractivity contribution in [1.29, 1.82) is 0 Å². The second kappa shape index (κ2) is 8.22. The Morgan fingerprint density at radius 1 is 1.14 bits per heavy atom. The maximum absolute atomic E-state index is 13.0. The fourth-order valence-corrected chi connectivity index (χ4v) is 2.84. The van der Waals surface area contributed by atoms with Gasteiger partial charge in [0, 0.05) is 5.69 Å². The number of carbonyl (C=O) groups is 2. The number of ether oxygens (including phenoxy) is 1. The van der Waals surface area contributed by atoms with Crippen molar-refractivity contribution in [1.82, 2.24) is 9.78 Å². The van der Waals surface area contributed by atoms with Crippen molar-refractivity contribution in [2.75, 3.05) is 11.9 Å². The summed E-state index contributed by atoms with van der Waals surface area (Å²) in [4.78, 5) is 24.0. The Bertz CT molecular complexity index is 1030. The third-order valence-electron chi connectivity index (χ3n) is 3.90. The van der Waals surface area contributed by atoms with Gasteiger partial charge in [0.1, 0.15) is 5.82 Å². The molecular weight excluding hydrogens is 385 g/mol. The van der Waals surface area contributed by atoms with Gasteiger partial charge in [0.25, 0.3) is 5.91 Å². The number of nitrogens with one attached hydrogen (secondary N) is 1. The van der Waals surface area contributed by atoms with Gasteiger partial charge in [0.05, 0.1) is 27.7 Å². The van der Waals surface area contributed by atoms with Crippen LogP contribution in [-0.2, 0) is 9.53 Å². The minimum atomic E-state index is -0.639. The van der Waals surface area contributed by atoms with E-state index in [0.29, 0.717) is 5.56 Å². The van der Waals surface area contributed by atoms with E-state index >= 15 is 0 Å². The van der Waals surface area contributed by atoms with Gasteiger partial charge in [-0.1, -0.05) is 11.6 Å². The van der Waals surface area contributed by atoms with Gasteiger partial charge in [0.2, 0.25) is 0 Å². The zero-order chi connectivity index (χ0) is 20.3. The van der Waals surface area contributed by atoms with Crippen LogP contribution in [0.4, 0.5) is 10.1 Å². The highest BCUT2D eigenvalue weighted by Gasteiger charge is 2.12. The maximum Gasteiger partial charge on any atom is 0.338 e. The van der Waals surface area contributed by atoms with E-state index in [1.165, 1.54) is 6.07 Å². The number of carbonyl (C=O) groups excluding carboxylic acids is 2.